The molecule has 0 radical (unpaired) electrons. The van der Waals surface area contributed by atoms with Gasteiger partial charge in [0.25, 0.3) is 0 Å². The Morgan fingerprint density at radius 3 is 2.59 bits per heavy atom. The van der Waals surface area contributed by atoms with Gasteiger partial charge >= 0.3 is 0 Å². The van der Waals surface area contributed by atoms with Crippen LogP contribution in [0.3, 0.4) is 0 Å². The molecule has 0 aliphatic heterocycles. The van der Waals surface area contributed by atoms with Gasteiger partial charge in [-0.25, -0.2) is 0 Å². The van der Waals surface area contributed by atoms with Crippen molar-refractivity contribution in [2.45, 2.75) is 45.1 Å². The number of rotatable bonds is 3. The molecule has 0 spiro atoms. The van der Waals surface area contributed by atoms with Crippen LogP contribution < -0.4 is 5.73 Å². The second-order valence-electron chi connectivity index (χ2n) is 5.30. The van der Waals surface area contributed by atoms with E-state index in [9.17, 15) is 5.11 Å². The van der Waals surface area contributed by atoms with E-state index in [1.807, 2.05) is 24.3 Å². The normalized spacial score (nSPS) is 26.7. The van der Waals surface area contributed by atoms with E-state index in [1.165, 1.54) is 19.3 Å². The molecule has 0 bridgehead atoms. The van der Waals surface area contributed by atoms with Crippen molar-refractivity contribution in [2.75, 3.05) is 5.73 Å². The topological polar surface area (TPSA) is 46.2 Å². The SMILES string of the molecule is CCC1CCC(C(O)c2cccc(N)c2)CC1. The zero-order chi connectivity index (χ0) is 12.3. The molecule has 1 atom stereocenters. The molecule has 1 unspecified atom stereocenters. The first kappa shape index (κ1) is 12.4. The van der Waals surface area contributed by atoms with Crippen molar-refractivity contribution < 1.29 is 5.11 Å². The average molecular weight is 233 g/mol. The van der Waals surface area contributed by atoms with Crippen molar-refractivity contribution in [3.05, 3.63) is 29.8 Å². The number of hydrogen-bond acceptors (Lipinski definition) is 2. The van der Waals surface area contributed by atoms with Gasteiger partial charge in [-0.15, -0.1) is 0 Å². The van der Waals surface area contributed by atoms with Crippen molar-refractivity contribution in [2.24, 2.45) is 11.8 Å². The Balaban J connectivity index is 1.99. The lowest BCUT2D eigenvalue weighted by atomic mass is 9.77. The van der Waals surface area contributed by atoms with Gasteiger partial charge in [0.05, 0.1) is 6.10 Å². The summed E-state index contributed by atoms with van der Waals surface area (Å²) in [6.07, 6.45) is 5.77. The summed E-state index contributed by atoms with van der Waals surface area (Å²) < 4.78 is 0. The lowest BCUT2D eigenvalue weighted by Crippen LogP contribution is -2.20. The fourth-order valence-electron chi connectivity index (χ4n) is 2.93. The minimum Gasteiger partial charge on any atom is -0.399 e. The minimum absolute atomic E-state index is 0.337. The fourth-order valence-corrected chi connectivity index (χ4v) is 2.93. The van der Waals surface area contributed by atoms with E-state index in [-0.39, 0.29) is 6.10 Å². The summed E-state index contributed by atoms with van der Waals surface area (Å²) in [5, 5.41) is 10.4. The van der Waals surface area contributed by atoms with E-state index in [4.69, 9.17) is 5.73 Å². The van der Waals surface area contributed by atoms with Crippen LogP contribution >= 0.6 is 0 Å². The molecule has 1 saturated carbocycles. The first-order valence-electron chi connectivity index (χ1n) is 6.74. The van der Waals surface area contributed by atoms with Gasteiger partial charge < -0.3 is 10.8 Å². The van der Waals surface area contributed by atoms with Gasteiger partial charge in [-0.05, 0) is 42.4 Å². The maximum absolute atomic E-state index is 10.4. The van der Waals surface area contributed by atoms with E-state index in [0.29, 0.717) is 5.92 Å². The predicted molar refractivity (Wildman–Crippen MR) is 71.6 cm³/mol. The first-order valence-corrected chi connectivity index (χ1v) is 6.74. The van der Waals surface area contributed by atoms with Gasteiger partial charge in [0, 0.05) is 5.69 Å². The average Bonchev–Trinajstić information content (AvgIpc) is 2.38. The summed E-state index contributed by atoms with van der Waals surface area (Å²) in [6.45, 7) is 2.26. The third-order valence-electron chi connectivity index (χ3n) is 4.17. The van der Waals surface area contributed by atoms with Crippen LogP contribution in [0.4, 0.5) is 5.69 Å². The molecule has 0 heterocycles. The van der Waals surface area contributed by atoms with Crippen LogP contribution in [0.5, 0.6) is 0 Å². The van der Waals surface area contributed by atoms with Crippen LogP contribution in [-0.2, 0) is 0 Å². The smallest absolute Gasteiger partial charge is 0.0818 e. The standard InChI is InChI=1S/C15H23NO/c1-2-11-6-8-12(9-7-11)15(17)13-4-3-5-14(16)10-13/h3-5,10-12,15,17H,2,6-9,16H2,1H3. The number of anilines is 1. The molecule has 0 saturated heterocycles. The third kappa shape index (κ3) is 3.01. The quantitative estimate of drug-likeness (QED) is 0.785. The number of nitrogen functional groups attached to an aromatic ring is 1. The highest BCUT2D eigenvalue weighted by atomic mass is 16.3. The molecule has 1 fully saturated rings. The van der Waals surface area contributed by atoms with Crippen molar-refractivity contribution in [3.63, 3.8) is 0 Å². The molecule has 17 heavy (non-hydrogen) atoms. The zero-order valence-corrected chi connectivity index (χ0v) is 10.6. The molecule has 2 rings (SSSR count). The maximum Gasteiger partial charge on any atom is 0.0818 e. The highest BCUT2D eigenvalue weighted by Gasteiger charge is 2.26. The maximum atomic E-state index is 10.4. The molecule has 1 aliphatic rings. The summed E-state index contributed by atoms with van der Waals surface area (Å²) in [7, 11) is 0. The largest absolute Gasteiger partial charge is 0.399 e. The van der Waals surface area contributed by atoms with Crippen LogP contribution in [0.1, 0.15) is 50.7 Å². The summed E-state index contributed by atoms with van der Waals surface area (Å²) in [6, 6.07) is 7.67. The molecule has 2 heteroatoms. The molecule has 2 nitrogen and oxygen atoms in total. The van der Waals surface area contributed by atoms with Crippen molar-refractivity contribution in [1.82, 2.24) is 0 Å². The second kappa shape index (κ2) is 5.54. The van der Waals surface area contributed by atoms with Crippen LogP contribution in [0.15, 0.2) is 24.3 Å². The molecular weight excluding hydrogens is 210 g/mol. The zero-order valence-electron chi connectivity index (χ0n) is 10.6. The third-order valence-corrected chi connectivity index (χ3v) is 4.17. The number of benzene rings is 1. The molecular formula is C15H23NO. The summed E-state index contributed by atoms with van der Waals surface area (Å²) >= 11 is 0. The van der Waals surface area contributed by atoms with Gasteiger partial charge in [0.2, 0.25) is 0 Å². The van der Waals surface area contributed by atoms with Crippen LogP contribution in [0.25, 0.3) is 0 Å². The number of aliphatic hydroxyl groups is 1. The predicted octanol–water partition coefficient (Wildman–Crippen LogP) is 3.52. The van der Waals surface area contributed by atoms with Crippen molar-refractivity contribution in [1.29, 1.82) is 0 Å². The number of hydrogen-bond donors (Lipinski definition) is 2. The number of nitrogens with two attached hydrogens (primary N) is 1. The van der Waals surface area contributed by atoms with Crippen LogP contribution in [0, 0.1) is 11.8 Å². The van der Waals surface area contributed by atoms with Gasteiger partial charge in [0.15, 0.2) is 0 Å². The fraction of sp³-hybridized carbons (Fsp3) is 0.600. The Hall–Kier alpha value is -1.02. The Bertz CT molecular complexity index is 356. The molecule has 0 amide bonds. The van der Waals surface area contributed by atoms with Gasteiger partial charge in [-0.3, -0.25) is 0 Å². The Morgan fingerprint density at radius 2 is 2.00 bits per heavy atom. The van der Waals surface area contributed by atoms with E-state index >= 15 is 0 Å². The molecule has 3 N–H and O–H groups in total. The monoisotopic (exact) mass is 233 g/mol. The van der Waals surface area contributed by atoms with Gasteiger partial charge in [0.1, 0.15) is 0 Å². The highest BCUT2D eigenvalue weighted by molar-refractivity contribution is 5.41. The molecule has 1 aliphatic carbocycles. The van der Waals surface area contributed by atoms with Crippen LogP contribution in [0.2, 0.25) is 0 Å². The Kier molecular flexibility index (Phi) is 4.06. The van der Waals surface area contributed by atoms with Crippen molar-refractivity contribution in [3.8, 4) is 0 Å². The van der Waals surface area contributed by atoms with Crippen molar-refractivity contribution >= 4 is 5.69 Å². The minimum atomic E-state index is -0.337. The van der Waals surface area contributed by atoms with Crippen LogP contribution in [-0.4, -0.2) is 5.11 Å². The van der Waals surface area contributed by atoms with E-state index in [0.717, 1.165) is 30.0 Å². The Morgan fingerprint density at radius 1 is 1.29 bits per heavy atom. The first-order chi connectivity index (χ1) is 8.20. The summed E-state index contributed by atoms with van der Waals surface area (Å²) in [5.41, 5.74) is 7.47. The van der Waals surface area contributed by atoms with Gasteiger partial charge in [-0.1, -0.05) is 38.3 Å². The molecule has 1 aromatic rings. The lowest BCUT2D eigenvalue weighted by Gasteiger charge is -2.31. The second-order valence-corrected chi connectivity index (χ2v) is 5.30. The Labute approximate surface area is 104 Å². The summed E-state index contributed by atoms with van der Waals surface area (Å²) in [4.78, 5) is 0. The molecule has 94 valence electrons. The van der Waals surface area contributed by atoms with Gasteiger partial charge in [-0.2, -0.15) is 0 Å². The molecule has 1 aromatic carbocycles. The van der Waals surface area contributed by atoms with E-state index in [2.05, 4.69) is 6.92 Å². The summed E-state index contributed by atoms with van der Waals surface area (Å²) in [5.74, 6) is 1.29. The lowest BCUT2D eigenvalue weighted by molar-refractivity contribution is 0.0730. The number of aliphatic hydroxyl groups excluding tert-OH is 1. The highest BCUT2D eigenvalue weighted by Crippen LogP contribution is 2.38. The van der Waals surface area contributed by atoms with E-state index < -0.39 is 0 Å². The van der Waals surface area contributed by atoms with E-state index in [1.54, 1.807) is 0 Å². The molecule has 0 aromatic heterocycles.